The predicted octanol–water partition coefficient (Wildman–Crippen LogP) is 5.95. The maximum absolute atomic E-state index is 6.30. The third-order valence-corrected chi connectivity index (χ3v) is 5.59. The van der Waals surface area contributed by atoms with Gasteiger partial charge in [-0.2, -0.15) is 0 Å². The molecule has 3 atom stereocenters. The summed E-state index contributed by atoms with van der Waals surface area (Å²) in [6.07, 6.45) is 3.79. The van der Waals surface area contributed by atoms with Crippen molar-refractivity contribution in [3.63, 3.8) is 0 Å². The molecule has 0 N–H and O–H groups in total. The van der Waals surface area contributed by atoms with Crippen molar-refractivity contribution in [3.8, 4) is 11.5 Å². The number of hydrogen-bond acceptors (Lipinski definition) is 2. The van der Waals surface area contributed by atoms with Crippen molar-refractivity contribution in [3.05, 3.63) is 22.2 Å². The summed E-state index contributed by atoms with van der Waals surface area (Å²) in [5.41, 5.74) is 1.18. The van der Waals surface area contributed by atoms with Gasteiger partial charge >= 0.3 is 0 Å². The van der Waals surface area contributed by atoms with Crippen molar-refractivity contribution in [1.29, 1.82) is 0 Å². The van der Waals surface area contributed by atoms with Crippen LogP contribution >= 0.6 is 31.9 Å². The van der Waals surface area contributed by atoms with E-state index in [-0.39, 0.29) is 0 Å². The molecule has 3 unspecified atom stereocenters. The van der Waals surface area contributed by atoms with E-state index in [0.29, 0.717) is 12.7 Å². The molecule has 1 aromatic rings. The summed E-state index contributed by atoms with van der Waals surface area (Å²) in [5, 5.41) is 0.809. The van der Waals surface area contributed by atoms with Gasteiger partial charge in [0.15, 0.2) is 11.5 Å². The summed E-state index contributed by atoms with van der Waals surface area (Å²) in [7, 11) is 0. The van der Waals surface area contributed by atoms with Crippen LogP contribution in [-0.2, 0) is 5.33 Å². The van der Waals surface area contributed by atoms with Crippen LogP contribution in [0, 0.1) is 11.8 Å². The summed E-state index contributed by atoms with van der Waals surface area (Å²) >= 11 is 7.13. The maximum atomic E-state index is 6.30. The molecule has 2 nitrogen and oxygen atoms in total. The Morgan fingerprint density at radius 1 is 1.19 bits per heavy atom. The largest absolute Gasteiger partial charge is 0.490 e. The highest BCUT2D eigenvalue weighted by Crippen LogP contribution is 2.40. The summed E-state index contributed by atoms with van der Waals surface area (Å²) in [4.78, 5) is 0. The van der Waals surface area contributed by atoms with Crippen LogP contribution in [0.5, 0.6) is 11.5 Å². The van der Waals surface area contributed by atoms with Gasteiger partial charge in [0.25, 0.3) is 0 Å². The lowest BCUT2D eigenvalue weighted by atomic mass is 9.80. The monoisotopic (exact) mass is 418 g/mol. The van der Waals surface area contributed by atoms with Crippen molar-refractivity contribution in [1.82, 2.24) is 0 Å². The van der Waals surface area contributed by atoms with E-state index < -0.39 is 0 Å². The number of benzene rings is 1. The average Bonchev–Trinajstić information content (AvgIpc) is 2.46. The van der Waals surface area contributed by atoms with Crippen LogP contribution in [0.25, 0.3) is 0 Å². The zero-order valence-electron chi connectivity index (χ0n) is 13.0. The number of rotatable bonds is 5. The second-order valence-electron chi connectivity index (χ2n) is 5.98. The van der Waals surface area contributed by atoms with Gasteiger partial charge in [0.05, 0.1) is 17.2 Å². The van der Waals surface area contributed by atoms with Crippen LogP contribution in [0.15, 0.2) is 16.6 Å². The molecule has 0 aliphatic heterocycles. The number of halogens is 2. The SMILES string of the molecule is CCOc1cc(CBr)cc(Br)c1OC1CCC(C)C(C)C1. The lowest BCUT2D eigenvalue weighted by Gasteiger charge is -2.32. The molecule has 1 saturated carbocycles. The van der Waals surface area contributed by atoms with Gasteiger partial charge in [0, 0.05) is 5.33 Å². The second-order valence-corrected chi connectivity index (χ2v) is 7.39. The van der Waals surface area contributed by atoms with Crippen molar-refractivity contribution < 1.29 is 9.47 Å². The Balaban J connectivity index is 2.18. The zero-order valence-corrected chi connectivity index (χ0v) is 16.2. The van der Waals surface area contributed by atoms with Gasteiger partial charge < -0.3 is 9.47 Å². The van der Waals surface area contributed by atoms with Gasteiger partial charge in [0.2, 0.25) is 0 Å². The van der Waals surface area contributed by atoms with Crippen LogP contribution < -0.4 is 9.47 Å². The third kappa shape index (κ3) is 4.38. The molecule has 0 amide bonds. The molecule has 0 aromatic heterocycles. The number of hydrogen-bond donors (Lipinski definition) is 0. The molecule has 0 radical (unpaired) electrons. The molecule has 118 valence electrons. The highest BCUT2D eigenvalue weighted by Gasteiger charge is 2.27. The lowest BCUT2D eigenvalue weighted by molar-refractivity contribution is 0.0961. The van der Waals surface area contributed by atoms with Crippen LogP contribution in [0.3, 0.4) is 0 Å². The molecule has 1 fully saturated rings. The van der Waals surface area contributed by atoms with E-state index in [0.717, 1.165) is 46.0 Å². The highest BCUT2D eigenvalue weighted by molar-refractivity contribution is 9.10. The normalized spacial score (nSPS) is 25.7. The van der Waals surface area contributed by atoms with Gasteiger partial charge in [-0.15, -0.1) is 0 Å². The maximum Gasteiger partial charge on any atom is 0.175 e. The van der Waals surface area contributed by atoms with E-state index in [4.69, 9.17) is 9.47 Å². The molecule has 0 heterocycles. The fourth-order valence-corrected chi connectivity index (χ4v) is 3.75. The Morgan fingerprint density at radius 3 is 2.57 bits per heavy atom. The molecule has 21 heavy (non-hydrogen) atoms. The summed E-state index contributed by atoms with van der Waals surface area (Å²) in [5.74, 6) is 3.22. The molecule has 1 aromatic carbocycles. The summed E-state index contributed by atoms with van der Waals surface area (Å²) in [6.45, 7) is 7.31. The third-order valence-electron chi connectivity index (χ3n) is 4.36. The smallest absolute Gasteiger partial charge is 0.175 e. The van der Waals surface area contributed by atoms with E-state index in [1.165, 1.54) is 12.0 Å². The first-order valence-electron chi connectivity index (χ1n) is 7.73. The average molecular weight is 420 g/mol. The Morgan fingerprint density at radius 2 is 1.95 bits per heavy atom. The topological polar surface area (TPSA) is 18.5 Å². The molecule has 0 spiro atoms. The second kappa shape index (κ2) is 7.87. The first-order valence-corrected chi connectivity index (χ1v) is 9.64. The molecular weight excluding hydrogens is 396 g/mol. The fourth-order valence-electron chi connectivity index (χ4n) is 2.85. The van der Waals surface area contributed by atoms with Crippen LogP contribution in [0.1, 0.15) is 45.6 Å². The standard InChI is InChI=1S/C17H24Br2O2/c1-4-20-16-9-13(10-18)8-15(19)17(16)21-14-6-5-11(2)12(3)7-14/h8-9,11-12,14H,4-7,10H2,1-3H3. The highest BCUT2D eigenvalue weighted by atomic mass is 79.9. The minimum atomic E-state index is 0.293. The molecule has 1 aliphatic rings. The van der Waals surface area contributed by atoms with Gasteiger partial charge in [-0.1, -0.05) is 29.8 Å². The van der Waals surface area contributed by atoms with Gasteiger partial charge in [-0.25, -0.2) is 0 Å². The molecule has 2 rings (SSSR count). The van der Waals surface area contributed by atoms with Crippen molar-refractivity contribution >= 4 is 31.9 Å². The van der Waals surface area contributed by atoms with E-state index in [1.54, 1.807) is 0 Å². The Labute approximate surface area is 144 Å². The van der Waals surface area contributed by atoms with Crippen LogP contribution in [-0.4, -0.2) is 12.7 Å². The van der Waals surface area contributed by atoms with Crippen LogP contribution in [0.4, 0.5) is 0 Å². The minimum Gasteiger partial charge on any atom is -0.490 e. The van der Waals surface area contributed by atoms with Gasteiger partial charge in [-0.3, -0.25) is 0 Å². The first kappa shape index (κ1) is 17.1. The van der Waals surface area contributed by atoms with E-state index in [9.17, 15) is 0 Å². The molecule has 4 heteroatoms. The van der Waals surface area contributed by atoms with Crippen molar-refractivity contribution in [2.75, 3.05) is 6.61 Å². The van der Waals surface area contributed by atoms with Crippen LogP contribution in [0.2, 0.25) is 0 Å². The van der Waals surface area contributed by atoms with E-state index in [2.05, 4.69) is 57.8 Å². The lowest BCUT2D eigenvalue weighted by Crippen LogP contribution is -2.29. The summed E-state index contributed by atoms with van der Waals surface area (Å²) in [6, 6.07) is 4.16. The van der Waals surface area contributed by atoms with Crippen molar-refractivity contribution in [2.24, 2.45) is 11.8 Å². The Kier molecular flexibility index (Phi) is 6.42. The quantitative estimate of drug-likeness (QED) is 0.549. The number of ether oxygens (including phenoxy) is 2. The predicted molar refractivity (Wildman–Crippen MR) is 94.5 cm³/mol. The summed E-state index contributed by atoms with van der Waals surface area (Å²) < 4.78 is 13.1. The minimum absolute atomic E-state index is 0.293. The van der Waals surface area contributed by atoms with E-state index >= 15 is 0 Å². The fraction of sp³-hybridized carbons (Fsp3) is 0.647. The van der Waals surface area contributed by atoms with Crippen molar-refractivity contribution in [2.45, 2.75) is 51.5 Å². The molecular formula is C17H24Br2O2. The first-order chi connectivity index (χ1) is 10.0. The number of alkyl halides is 1. The molecule has 0 saturated heterocycles. The Bertz CT molecular complexity index is 476. The molecule has 1 aliphatic carbocycles. The van der Waals surface area contributed by atoms with Gasteiger partial charge in [0.1, 0.15) is 0 Å². The van der Waals surface area contributed by atoms with Gasteiger partial charge in [-0.05, 0) is 71.6 Å². The zero-order chi connectivity index (χ0) is 15.4. The molecule has 0 bridgehead atoms. The Hall–Kier alpha value is -0.220. The van der Waals surface area contributed by atoms with E-state index in [1.807, 2.05) is 6.92 Å².